The second-order valence-electron chi connectivity index (χ2n) is 7.55. The fourth-order valence-corrected chi connectivity index (χ4v) is 5.50. The van der Waals surface area contributed by atoms with E-state index < -0.39 is 0 Å². The van der Waals surface area contributed by atoms with E-state index in [4.69, 9.17) is 9.72 Å². The van der Waals surface area contributed by atoms with Crippen molar-refractivity contribution in [2.45, 2.75) is 63.3 Å². The highest BCUT2D eigenvalue weighted by Gasteiger charge is 2.37. The van der Waals surface area contributed by atoms with Crippen LogP contribution in [0.4, 0.5) is 4.79 Å². The van der Waals surface area contributed by atoms with Gasteiger partial charge in [0, 0.05) is 22.6 Å². The summed E-state index contributed by atoms with van der Waals surface area (Å²) in [6, 6.07) is 7.38. The highest BCUT2D eigenvalue weighted by molar-refractivity contribution is 7.09. The molecule has 0 radical (unpaired) electrons. The molecule has 0 saturated heterocycles. The lowest BCUT2D eigenvalue weighted by atomic mass is 9.86. The molecule has 1 fully saturated rings. The maximum Gasteiger partial charge on any atom is 0.341 e. The average molecular weight is 398 g/mol. The summed E-state index contributed by atoms with van der Waals surface area (Å²) >= 11 is 1.70. The summed E-state index contributed by atoms with van der Waals surface area (Å²) in [5.74, 6) is 1.30. The molecule has 2 aromatic rings. The first-order valence-corrected chi connectivity index (χ1v) is 11.1. The molecule has 28 heavy (non-hydrogen) atoms. The van der Waals surface area contributed by atoms with Crippen molar-refractivity contribution in [1.82, 2.24) is 10.3 Å². The highest BCUT2D eigenvalue weighted by atomic mass is 32.1. The summed E-state index contributed by atoms with van der Waals surface area (Å²) in [6.45, 7) is 2.05. The molecule has 1 aliphatic heterocycles. The standard InChI is InChI=1S/C22H27N3O2S/c1-3-16-19(21-23-17(13-28-21)14-9-5-4-6-10-14)20(25-22(26)24-16)15-11-7-8-12-18(15)27-2/h7-8,11-14,19-20H,3-6,9-10H2,1-2H3,(H,25,26). The van der Waals surface area contributed by atoms with Gasteiger partial charge in [-0.1, -0.05) is 44.4 Å². The van der Waals surface area contributed by atoms with Crippen LogP contribution in [0.3, 0.4) is 0 Å². The van der Waals surface area contributed by atoms with Crippen LogP contribution in [0.1, 0.15) is 79.6 Å². The lowest BCUT2D eigenvalue weighted by Gasteiger charge is -2.31. The van der Waals surface area contributed by atoms with Crippen LogP contribution in [0.5, 0.6) is 5.75 Å². The molecule has 1 aliphatic carbocycles. The topological polar surface area (TPSA) is 63.6 Å². The third-order valence-electron chi connectivity index (χ3n) is 5.88. The van der Waals surface area contributed by atoms with E-state index in [2.05, 4.69) is 22.6 Å². The Morgan fingerprint density at radius 1 is 1.21 bits per heavy atom. The van der Waals surface area contributed by atoms with E-state index in [1.165, 1.54) is 37.8 Å². The zero-order chi connectivity index (χ0) is 19.5. The minimum Gasteiger partial charge on any atom is -0.496 e. The minimum absolute atomic E-state index is 0.0543. The highest BCUT2D eigenvalue weighted by Crippen LogP contribution is 2.42. The first kappa shape index (κ1) is 19.1. The molecule has 1 saturated carbocycles. The van der Waals surface area contributed by atoms with Crippen molar-refractivity contribution in [3.8, 4) is 5.75 Å². The fraction of sp³-hybridized carbons (Fsp3) is 0.500. The Hall–Kier alpha value is -2.21. The van der Waals surface area contributed by atoms with E-state index in [-0.39, 0.29) is 18.0 Å². The predicted octanol–water partition coefficient (Wildman–Crippen LogP) is 5.60. The van der Waals surface area contributed by atoms with Crippen LogP contribution in [0, 0.1) is 0 Å². The molecule has 1 N–H and O–H groups in total. The van der Waals surface area contributed by atoms with Crippen LogP contribution in [0.25, 0.3) is 0 Å². The van der Waals surface area contributed by atoms with Gasteiger partial charge in [-0.05, 0) is 25.3 Å². The smallest absolute Gasteiger partial charge is 0.341 e. The number of thiazole rings is 1. The van der Waals surface area contributed by atoms with Crippen molar-refractivity contribution < 1.29 is 9.53 Å². The molecule has 4 rings (SSSR count). The molecule has 6 heteroatoms. The monoisotopic (exact) mass is 397 g/mol. The SMILES string of the molecule is CCC1=NC(=O)NC(c2ccccc2OC)C1c1nc(C2CCCCC2)cs1. The Labute approximate surface area is 170 Å². The summed E-state index contributed by atoms with van der Waals surface area (Å²) < 4.78 is 5.58. The first-order chi connectivity index (χ1) is 13.7. The quantitative estimate of drug-likeness (QED) is 0.714. The number of amides is 2. The van der Waals surface area contributed by atoms with Crippen LogP contribution in [0.2, 0.25) is 0 Å². The van der Waals surface area contributed by atoms with Gasteiger partial charge in [-0.3, -0.25) is 0 Å². The number of benzene rings is 1. The average Bonchev–Trinajstić information content (AvgIpc) is 3.23. The van der Waals surface area contributed by atoms with Gasteiger partial charge >= 0.3 is 6.03 Å². The van der Waals surface area contributed by atoms with Crippen LogP contribution < -0.4 is 10.1 Å². The van der Waals surface area contributed by atoms with Gasteiger partial charge < -0.3 is 10.1 Å². The maximum atomic E-state index is 12.3. The van der Waals surface area contributed by atoms with Gasteiger partial charge in [-0.2, -0.15) is 0 Å². The Bertz CT molecular complexity index is 870. The minimum atomic E-state index is -0.284. The fourth-order valence-electron chi connectivity index (χ4n) is 4.44. The van der Waals surface area contributed by atoms with E-state index in [0.29, 0.717) is 5.92 Å². The number of nitrogens with one attached hydrogen (secondary N) is 1. The molecule has 0 spiro atoms. The number of carbonyl (C=O) groups excluding carboxylic acids is 1. The van der Waals surface area contributed by atoms with Crippen LogP contribution in [-0.2, 0) is 0 Å². The van der Waals surface area contributed by atoms with Gasteiger partial charge in [0.05, 0.1) is 24.8 Å². The van der Waals surface area contributed by atoms with Crippen LogP contribution >= 0.6 is 11.3 Å². The number of aliphatic imine (C=N–C) groups is 1. The number of hydrogen-bond donors (Lipinski definition) is 1. The lowest BCUT2D eigenvalue weighted by Crippen LogP contribution is -2.39. The van der Waals surface area contributed by atoms with E-state index in [9.17, 15) is 4.79 Å². The molecule has 2 unspecified atom stereocenters. The Morgan fingerprint density at radius 3 is 2.75 bits per heavy atom. The number of carbonyl (C=O) groups is 1. The Morgan fingerprint density at radius 2 is 2.00 bits per heavy atom. The van der Waals surface area contributed by atoms with Gasteiger partial charge in [0.2, 0.25) is 0 Å². The molecular weight excluding hydrogens is 370 g/mol. The van der Waals surface area contributed by atoms with Gasteiger partial charge in [-0.15, -0.1) is 11.3 Å². The number of rotatable bonds is 5. The molecule has 148 valence electrons. The van der Waals surface area contributed by atoms with Gasteiger partial charge in [0.15, 0.2) is 0 Å². The molecule has 2 atom stereocenters. The maximum absolute atomic E-state index is 12.3. The molecule has 5 nitrogen and oxygen atoms in total. The molecule has 1 aromatic carbocycles. The number of urea groups is 1. The van der Waals surface area contributed by atoms with Crippen LogP contribution in [0.15, 0.2) is 34.6 Å². The van der Waals surface area contributed by atoms with Crippen LogP contribution in [-0.4, -0.2) is 23.8 Å². The summed E-state index contributed by atoms with van der Waals surface area (Å²) in [5, 5.41) is 6.32. The lowest BCUT2D eigenvalue weighted by molar-refractivity contribution is 0.242. The van der Waals surface area contributed by atoms with Gasteiger partial charge in [0.1, 0.15) is 10.8 Å². The van der Waals surface area contributed by atoms with Crippen molar-refractivity contribution >= 4 is 23.1 Å². The van der Waals surface area contributed by atoms with Crippen molar-refractivity contribution in [3.05, 3.63) is 45.9 Å². The summed E-state index contributed by atoms with van der Waals surface area (Å²) in [7, 11) is 1.66. The number of ether oxygens (including phenoxy) is 1. The third kappa shape index (κ3) is 3.70. The number of nitrogens with zero attached hydrogens (tertiary/aromatic N) is 2. The predicted molar refractivity (Wildman–Crippen MR) is 113 cm³/mol. The number of methoxy groups -OCH3 is 1. The molecule has 2 amide bonds. The summed E-state index contributed by atoms with van der Waals surface area (Å²) in [5.41, 5.74) is 3.08. The van der Waals surface area contributed by atoms with E-state index >= 15 is 0 Å². The van der Waals surface area contributed by atoms with E-state index in [1.54, 1.807) is 18.4 Å². The third-order valence-corrected chi connectivity index (χ3v) is 6.83. The number of aromatic nitrogens is 1. The molecule has 1 aromatic heterocycles. The second kappa shape index (κ2) is 8.43. The van der Waals surface area contributed by atoms with Crippen molar-refractivity contribution in [1.29, 1.82) is 0 Å². The van der Waals surface area contributed by atoms with Crippen molar-refractivity contribution in [2.75, 3.05) is 7.11 Å². The van der Waals surface area contributed by atoms with E-state index in [0.717, 1.165) is 28.5 Å². The second-order valence-corrected chi connectivity index (χ2v) is 8.44. The largest absolute Gasteiger partial charge is 0.496 e. The molecule has 0 bridgehead atoms. The Balaban J connectivity index is 1.73. The van der Waals surface area contributed by atoms with Crippen molar-refractivity contribution in [2.24, 2.45) is 4.99 Å². The zero-order valence-electron chi connectivity index (χ0n) is 16.5. The zero-order valence-corrected chi connectivity index (χ0v) is 17.3. The van der Waals surface area contributed by atoms with E-state index in [1.807, 2.05) is 24.3 Å². The van der Waals surface area contributed by atoms with Gasteiger partial charge in [-0.25, -0.2) is 14.8 Å². The molecule has 2 heterocycles. The van der Waals surface area contributed by atoms with Gasteiger partial charge in [0.25, 0.3) is 0 Å². The number of para-hydroxylation sites is 1. The van der Waals surface area contributed by atoms with Crippen molar-refractivity contribution in [3.63, 3.8) is 0 Å². The summed E-state index contributed by atoms with van der Waals surface area (Å²) in [6.07, 6.45) is 7.11. The normalized spacial score (nSPS) is 23.2. The molecule has 2 aliphatic rings. The Kier molecular flexibility index (Phi) is 5.76. The first-order valence-electron chi connectivity index (χ1n) is 10.2. The summed E-state index contributed by atoms with van der Waals surface area (Å²) in [4.78, 5) is 21.7. The number of hydrogen-bond acceptors (Lipinski definition) is 4. The molecular formula is C22H27N3O2S.